The summed E-state index contributed by atoms with van der Waals surface area (Å²) in [6.45, 7) is 0.259. The van der Waals surface area contributed by atoms with Crippen molar-refractivity contribution in [1.82, 2.24) is 4.90 Å². The number of carbonyl (C=O) groups is 1. The maximum Gasteiger partial charge on any atom is 0.241 e. The summed E-state index contributed by atoms with van der Waals surface area (Å²) in [4.78, 5) is 13.5. The molecule has 92 valence electrons. The molecule has 1 aliphatic rings. The smallest absolute Gasteiger partial charge is 0.241 e. The van der Waals surface area contributed by atoms with Crippen molar-refractivity contribution in [2.24, 2.45) is 0 Å². The zero-order valence-corrected chi connectivity index (χ0v) is 11.7. The van der Waals surface area contributed by atoms with Crippen LogP contribution in [0.15, 0.2) is 18.2 Å². The van der Waals surface area contributed by atoms with E-state index >= 15 is 0 Å². The maximum absolute atomic E-state index is 12.9. The lowest BCUT2D eigenvalue weighted by atomic mass is 10.3. The van der Waals surface area contributed by atoms with Crippen LogP contribution >= 0.6 is 22.6 Å². The topological polar surface area (TPSA) is 32.3 Å². The zero-order valence-electron chi connectivity index (χ0n) is 9.54. The lowest BCUT2D eigenvalue weighted by Crippen LogP contribution is -2.33. The minimum absolute atomic E-state index is 0.0765. The van der Waals surface area contributed by atoms with Crippen LogP contribution in [0.2, 0.25) is 0 Å². The highest BCUT2D eigenvalue weighted by atomic mass is 127. The van der Waals surface area contributed by atoms with Crippen LogP contribution in [0.5, 0.6) is 0 Å². The summed E-state index contributed by atoms with van der Waals surface area (Å²) in [5, 5.41) is 3.04. The van der Waals surface area contributed by atoms with Gasteiger partial charge in [0.1, 0.15) is 5.82 Å². The van der Waals surface area contributed by atoms with Crippen molar-refractivity contribution in [1.29, 1.82) is 0 Å². The van der Waals surface area contributed by atoms with E-state index in [4.69, 9.17) is 0 Å². The Labute approximate surface area is 114 Å². The fourth-order valence-electron chi connectivity index (χ4n) is 1.59. The minimum Gasteiger partial charge on any atom is -0.375 e. The molecule has 0 heterocycles. The quantitative estimate of drug-likeness (QED) is 0.848. The van der Waals surface area contributed by atoms with Crippen LogP contribution in [0.3, 0.4) is 0 Å². The Balaban J connectivity index is 1.90. The number of rotatable bonds is 4. The number of anilines is 1. The molecule has 0 spiro atoms. The molecule has 0 bridgehead atoms. The van der Waals surface area contributed by atoms with Gasteiger partial charge < -0.3 is 10.2 Å². The van der Waals surface area contributed by atoms with Crippen molar-refractivity contribution in [3.8, 4) is 0 Å². The third kappa shape index (κ3) is 3.31. The first-order chi connectivity index (χ1) is 8.08. The standard InChI is InChI=1S/C12H14FIN2O/c1-16(9-3-4-9)12(17)7-15-11-5-2-8(13)6-10(11)14/h2,5-6,9,15H,3-4,7H2,1H3. The fourth-order valence-corrected chi connectivity index (χ4v) is 2.26. The number of hydrogen-bond acceptors (Lipinski definition) is 2. The average Bonchev–Trinajstić information content (AvgIpc) is 3.10. The molecule has 2 rings (SSSR count). The van der Waals surface area contributed by atoms with Crippen molar-refractivity contribution >= 4 is 34.2 Å². The predicted octanol–water partition coefficient (Wildman–Crippen LogP) is 2.46. The van der Waals surface area contributed by atoms with Gasteiger partial charge in [-0.1, -0.05) is 0 Å². The molecular formula is C12H14FIN2O. The largest absolute Gasteiger partial charge is 0.375 e. The third-order valence-corrected chi connectivity index (χ3v) is 3.74. The summed E-state index contributed by atoms with van der Waals surface area (Å²) in [6.07, 6.45) is 2.21. The molecule has 1 aromatic carbocycles. The van der Waals surface area contributed by atoms with Gasteiger partial charge in [-0.3, -0.25) is 4.79 Å². The Hall–Kier alpha value is -0.850. The van der Waals surface area contributed by atoms with Gasteiger partial charge >= 0.3 is 0 Å². The molecule has 1 N–H and O–H groups in total. The minimum atomic E-state index is -0.263. The number of nitrogens with zero attached hydrogens (tertiary/aromatic N) is 1. The SMILES string of the molecule is CN(C(=O)CNc1ccc(F)cc1I)C1CC1. The molecule has 0 aromatic heterocycles. The van der Waals surface area contributed by atoms with E-state index in [1.807, 2.05) is 29.6 Å². The van der Waals surface area contributed by atoms with E-state index in [-0.39, 0.29) is 18.3 Å². The van der Waals surface area contributed by atoms with Gasteiger partial charge in [0.25, 0.3) is 0 Å². The fraction of sp³-hybridized carbons (Fsp3) is 0.417. The van der Waals surface area contributed by atoms with Crippen LogP contribution in [0.4, 0.5) is 10.1 Å². The predicted molar refractivity (Wildman–Crippen MR) is 73.4 cm³/mol. The second-order valence-corrected chi connectivity index (χ2v) is 5.38. The molecule has 1 aliphatic carbocycles. The van der Waals surface area contributed by atoms with E-state index in [1.165, 1.54) is 12.1 Å². The molecule has 3 nitrogen and oxygen atoms in total. The molecule has 17 heavy (non-hydrogen) atoms. The third-order valence-electron chi connectivity index (χ3n) is 2.85. The Morgan fingerprint density at radius 1 is 1.59 bits per heavy atom. The second kappa shape index (κ2) is 5.20. The maximum atomic E-state index is 12.9. The molecule has 1 aromatic rings. The van der Waals surface area contributed by atoms with Crippen LogP contribution in [0.1, 0.15) is 12.8 Å². The van der Waals surface area contributed by atoms with Crippen LogP contribution in [0, 0.1) is 9.39 Å². The molecule has 5 heteroatoms. The van der Waals surface area contributed by atoms with Crippen LogP contribution in [-0.2, 0) is 4.79 Å². The van der Waals surface area contributed by atoms with E-state index < -0.39 is 0 Å². The van der Waals surface area contributed by atoms with Gasteiger partial charge in [-0.25, -0.2) is 4.39 Å². The molecule has 0 atom stereocenters. The van der Waals surface area contributed by atoms with Crippen LogP contribution < -0.4 is 5.32 Å². The Bertz CT molecular complexity index is 435. The number of nitrogens with one attached hydrogen (secondary N) is 1. The zero-order chi connectivity index (χ0) is 12.4. The van der Waals surface area contributed by atoms with Gasteiger partial charge in [0, 0.05) is 22.3 Å². The monoisotopic (exact) mass is 348 g/mol. The van der Waals surface area contributed by atoms with E-state index in [0.717, 1.165) is 22.1 Å². The summed E-state index contributed by atoms with van der Waals surface area (Å²) in [6, 6.07) is 4.91. The highest BCUT2D eigenvalue weighted by molar-refractivity contribution is 14.1. The highest BCUT2D eigenvalue weighted by Crippen LogP contribution is 2.25. The lowest BCUT2D eigenvalue weighted by Gasteiger charge is -2.17. The Kier molecular flexibility index (Phi) is 3.86. The molecule has 0 unspecified atom stereocenters. The number of likely N-dealkylation sites (N-methyl/N-ethyl adjacent to an activating group) is 1. The number of benzene rings is 1. The van der Waals surface area contributed by atoms with E-state index in [9.17, 15) is 9.18 Å². The molecule has 1 saturated carbocycles. The summed E-state index contributed by atoms with van der Waals surface area (Å²) in [5.41, 5.74) is 0.796. The summed E-state index contributed by atoms with van der Waals surface area (Å²) in [5.74, 6) is -0.186. The van der Waals surface area contributed by atoms with Crippen molar-refractivity contribution in [3.63, 3.8) is 0 Å². The van der Waals surface area contributed by atoms with Gasteiger partial charge in [0.15, 0.2) is 0 Å². The summed E-state index contributed by atoms with van der Waals surface area (Å²) < 4.78 is 13.7. The van der Waals surface area contributed by atoms with Crippen molar-refractivity contribution < 1.29 is 9.18 Å². The van der Waals surface area contributed by atoms with Gasteiger partial charge in [0.2, 0.25) is 5.91 Å². The summed E-state index contributed by atoms with van der Waals surface area (Å²) in [7, 11) is 1.83. The highest BCUT2D eigenvalue weighted by Gasteiger charge is 2.29. The van der Waals surface area contributed by atoms with Gasteiger partial charge in [-0.05, 0) is 53.6 Å². The molecule has 1 fully saturated rings. The van der Waals surface area contributed by atoms with Gasteiger partial charge in [-0.15, -0.1) is 0 Å². The molecule has 0 aliphatic heterocycles. The van der Waals surface area contributed by atoms with Crippen molar-refractivity contribution in [3.05, 3.63) is 27.6 Å². The number of carbonyl (C=O) groups excluding carboxylic acids is 1. The molecule has 0 saturated heterocycles. The van der Waals surface area contributed by atoms with E-state index in [2.05, 4.69) is 5.32 Å². The van der Waals surface area contributed by atoms with E-state index in [1.54, 1.807) is 11.0 Å². The van der Waals surface area contributed by atoms with Crippen LogP contribution in [0.25, 0.3) is 0 Å². The van der Waals surface area contributed by atoms with E-state index in [0.29, 0.717) is 6.04 Å². The molecular weight excluding hydrogens is 334 g/mol. The molecule has 1 amide bonds. The Morgan fingerprint density at radius 3 is 2.88 bits per heavy atom. The average molecular weight is 348 g/mol. The van der Waals surface area contributed by atoms with Crippen LogP contribution in [-0.4, -0.2) is 30.4 Å². The lowest BCUT2D eigenvalue weighted by molar-refractivity contribution is -0.128. The second-order valence-electron chi connectivity index (χ2n) is 4.21. The first-order valence-corrected chi connectivity index (χ1v) is 6.60. The van der Waals surface area contributed by atoms with Crippen molar-refractivity contribution in [2.45, 2.75) is 18.9 Å². The first kappa shape index (κ1) is 12.6. The van der Waals surface area contributed by atoms with Crippen molar-refractivity contribution in [2.75, 3.05) is 18.9 Å². The number of hydrogen-bond donors (Lipinski definition) is 1. The van der Waals surface area contributed by atoms with Gasteiger partial charge in [-0.2, -0.15) is 0 Å². The number of amides is 1. The first-order valence-electron chi connectivity index (χ1n) is 5.52. The number of halogens is 2. The summed E-state index contributed by atoms with van der Waals surface area (Å²) >= 11 is 2.05. The van der Waals surface area contributed by atoms with Gasteiger partial charge in [0.05, 0.1) is 6.54 Å². The normalized spacial score (nSPS) is 14.5. The molecule has 0 radical (unpaired) electrons. The Morgan fingerprint density at radius 2 is 2.29 bits per heavy atom.